The summed E-state index contributed by atoms with van der Waals surface area (Å²) in [4.78, 5) is 23.3. The molecule has 1 atom stereocenters. The van der Waals surface area contributed by atoms with Gasteiger partial charge in [-0.2, -0.15) is 0 Å². The molecular weight excluding hydrogens is 254 g/mol. The molecule has 0 bridgehead atoms. The van der Waals surface area contributed by atoms with Crippen molar-refractivity contribution in [2.75, 3.05) is 6.54 Å². The molecule has 0 aromatic heterocycles. The lowest BCUT2D eigenvalue weighted by Gasteiger charge is -2.12. The summed E-state index contributed by atoms with van der Waals surface area (Å²) in [6, 6.07) is 8.97. The second-order valence-electron chi connectivity index (χ2n) is 5.12. The first-order valence-corrected chi connectivity index (χ1v) is 7.04. The van der Waals surface area contributed by atoms with Gasteiger partial charge in [-0.15, -0.1) is 0 Å². The predicted molar refractivity (Wildman–Crippen MR) is 76.8 cm³/mol. The monoisotopic (exact) mass is 275 g/mol. The molecular formula is C15H21N3O2. The predicted octanol–water partition coefficient (Wildman–Crippen LogP) is 0.861. The zero-order valence-electron chi connectivity index (χ0n) is 11.5. The second-order valence-corrected chi connectivity index (χ2v) is 5.12. The fourth-order valence-corrected chi connectivity index (χ4v) is 1.91. The Bertz CT molecular complexity index is 457. The number of rotatable bonds is 7. The summed E-state index contributed by atoms with van der Waals surface area (Å²) < 4.78 is 0. The summed E-state index contributed by atoms with van der Waals surface area (Å²) in [5.74, 6) is -0.145. The van der Waals surface area contributed by atoms with E-state index >= 15 is 0 Å². The normalized spacial score (nSPS) is 15.4. The third-order valence-electron chi connectivity index (χ3n) is 3.26. The molecule has 1 aliphatic carbocycles. The van der Waals surface area contributed by atoms with Crippen molar-refractivity contribution < 1.29 is 9.59 Å². The SMILES string of the molecule is N[C@H](C(=O)NCCCC(=O)NC1CC1)c1ccccc1. The molecule has 1 aromatic rings. The zero-order valence-corrected chi connectivity index (χ0v) is 11.5. The van der Waals surface area contributed by atoms with E-state index < -0.39 is 6.04 Å². The van der Waals surface area contributed by atoms with Gasteiger partial charge in [-0.3, -0.25) is 9.59 Å². The fraction of sp³-hybridized carbons (Fsp3) is 0.467. The van der Waals surface area contributed by atoms with Crippen LogP contribution in [0.4, 0.5) is 0 Å². The van der Waals surface area contributed by atoms with Gasteiger partial charge < -0.3 is 16.4 Å². The first-order chi connectivity index (χ1) is 9.66. The Kier molecular flexibility index (Phi) is 5.12. The van der Waals surface area contributed by atoms with Crippen molar-refractivity contribution in [1.82, 2.24) is 10.6 Å². The minimum Gasteiger partial charge on any atom is -0.354 e. The standard InChI is InChI=1S/C15H21N3O2/c16-14(11-5-2-1-3-6-11)15(20)17-10-4-7-13(19)18-12-8-9-12/h1-3,5-6,12,14H,4,7-10,16H2,(H,17,20)(H,18,19)/t14-/m0/s1. The van der Waals surface area contributed by atoms with Gasteiger partial charge in [0.15, 0.2) is 0 Å². The van der Waals surface area contributed by atoms with Crippen LogP contribution in [0.25, 0.3) is 0 Å². The summed E-state index contributed by atoms with van der Waals surface area (Å²) in [7, 11) is 0. The molecule has 0 spiro atoms. The lowest BCUT2D eigenvalue weighted by molar-refractivity contribution is -0.123. The highest BCUT2D eigenvalue weighted by molar-refractivity contribution is 5.83. The summed E-state index contributed by atoms with van der Waals surface area (Å²) >= 11 is 0. The molecule has 1 fully saturated rings. The number of hydrogen-bond acceptors (Lipinski definition) is 3. The molecule has 1 aromatic carbocycles. The molecule has 20 heavy (non-hydrogen) atoms. The maximum atomic E-state index is 11.8. The molecule has 1 aliphatic rings. The number of carbonyl (C=O) groups excluding carboxylic acids is 2. The molecule has 0 heterocycles. The number of benzene rings is 1. The van der Waals surface area contributed by atoms with Gasteiger partial charge in [0.2, 0.25) is 11.8 Å². The Morgan fingerprint density at radius 1 is 1.25 bits per heavy atom. The van der Waals surface area contributed by atoms with Crippen LogP contribution in [0.5, 0.6) is 0 Å². The van der Waals surface area contributed by atoms with Gasteiger partial charge in [-0.05, 0) is 24.8 Å². The van der Waals surface area contributed by atoms with Crippen LogP contribution in [-0.2, 0) is 9.59 Å². The van der Waals surface area contributed by atoms with Crippen molar-refractivity contribution in [1.29, 1.82) is 0 Å². The van der Waals surface area contributed by atoms with Crippen LogP contribution in [0, 0.1) is 0 Å². The molecule has 0 radical (unpaired) electrons. The van der Waals surface area contributed by atoms with Gasteiger partial charge in [-0.1, -0.05) is 30.3 Å². The molecule has 5 heteroatoms. The van der Waals surface area contributed by atoms with Crippen molar-refractivity contribution in [3.8, 4) is 0 Å². The van der Waals surface area contributed by atoms with Crippen molar-refractivity contribution in [3.05, 3.63) is 35.9 Å². The van der Waals surface area contributed by atoms with Gasteiger partial charge in [-0.25, -0.2) is 0 Å². The minimum atomic E-state index is -0.656. The first-order valence-electron chi connectivity index (χ1n) is 7.04. The van der Waals surface area contributed by atoms with Crippen LogP contribution in [0.2, 0.25) is 0 Å². The van der Waals surface area contributed by atoms with Gasteiger partial charge in [0.1, 0.15) is 6.04 Å². The van der Waals surface area contributed by atoms with Crippen LogP contribution in [0.15, 0.2) is 30.3 Å². The molecule has 0 saturated heterocycles. The first kappa shape index (κ1) is 14.5. The third-order valence-corrected chi connectivity index (χ3v) is 3.26. The highest BCUT2D eigenvalue weighted by Crippen LogP contribution is 2.18. The van der Waals surface area contributed by atoms with E-state index in [2.05, 4.69) is 10.6 Å². The van der Waals surface area contributed by atoms with E-state index in [1.807, 2.05) is 30.3 Å². The Labute approximate surface area is 118 Å². The Morgan fingerprint density at radius 2 is 1.95 bits per heavy atom. The van der Waals surface area contributed by atoms with E-state index in [1.54, 1.807) is 0 Å². The van der Waals surface area contributed by atoms with Crippen LogP contribution >= 0.6 is 0 Å². The lowest BCUT2D eigenvalue weighted by Crippen LogP contribution is -2.35. The molecule has 0 unspecified atom stereocenters. The number of nitrogens with one attached hydrogen (secondary N) is 2. The van der Waals surface area contributed by atoms with Crippen molar-refractivity contribution in [3.63, 3.8) is 0 Å². The van der Waals surface area contributed by atoms with Gasteiger partial charge in [0, 0.05) is 19.0 Å². The third kappa shape index (κ3) is 4.66. The summed E-state index contributed by atoms with van der Waals surface area (Å²) in [6.07, 6.45) is 3.26. The van der Waals surface area contributed by atoms with Crippen molar-refractivity contribution >= 4 is 11.8 Å². The highest BCUT2D eigenvalue weighted by Gasteiger charge is 2.22. The van der Waals surface area contributed by atoms with Gasteiger partial charge >= 0.3 is 0 Å². The van der Waals surface area contributed by atoms with E-state index in [-0.39, 0.29) is 11.8 Å². The molecule has 1 saturated carbocycles. The quantitative estimate of drug-likeness (QED) is 0.645. The smallest absolute Gasteiger partial charge is 0.241 e. The topological polar surface area (TPSA) is 84.2 Å². The van der Waals surface area contributed by atoms with Gasteiger partial charge in [0.25, 0.3) is 0 Å². The Hall–Kier alpha value is -1.88. The van der Waals surface area contributed by atoms with E-state index in [0.29, 0.717) is 25.4 Å². The number of amides is 2. The number of hydrogen-bond donors (Lipinski definition) is 3. The van der Waals surface area contributed by atoms with Crippen molar-refractivity contribution in [2.24, 2.45) is 5.73 Å². The second kappa shape index (κ2) is 7.05. The maximum Gasteiger partial charge on any atom is 0.241 e. The average Bonchev–Trinajstić information content (AvgIpc) is 3.27. The molecule has 4 N–H and O–H groups in total. The van der Waals surface area contributed by atoms with Gasteiger partial charge in [0.05, 0.1) is 0 Å². The Balaban J connectivity index is 1.63. The fourth-order valence-electron chi connectivity index (χ4n) is 1.91. The van der Waals surface area contributed by atoms with Crippen LogP contribution in [0.3, 0.4) is 0 Å². The van der Waals surface area contributed by atoms with E-state index in [9.17, 15) is 9.59 Å². The lowest BCUT2D eigenvalue weighted by atomic mass is 10.1. The summed E-state index contributed by atoms with van der Waals surface area (Å²) in [5, 5.41) is 5.68. The number of nitrogens with two attached hydrogens (primary N) is 1. The molecule has 2 amide bonds. The largest absolute Gasteiger partial charge is 0.354 e. The van der Waals surface area contributed by atoms with E-state index in [4.69, 9.17) is 5.73 Å². The minimum absolute atomic E-state index is 0.0640. The van der Waals surface area contributed by atoms with E-state index in [0.717, 1.165) is 18.4 Å². The van der Waals surface area contributed by atoms with Crippen molar-refractivity contribution in [2.45, 2.75) is 37.8 Å². The molecule has 108 valence electrons. The maximum absolute atomic E-state index is 11.8. The van der Waals surface area contributed by atoms with E-state index in [1.165, 1.54) is 0 Å². The van der Waals surface area contributed by atoms with Crippen LogP contribution in [0.1, 0.15) is 37.3 Å². The Morgan fingerprint density at radius 3 is 2.60 bits per heavy atom. The zero-order chi connectivity index (χ0) is 14.4. The number of carbonyl (C=O) groups is 2. The average molecular weight is 275 g/mol. The summed E-state index contributed by atoms with van der Waals surface area (Å²) in [6.45, 7) is 0.470. The molecule has 2 rings (SSSR count). The molecule has 0 aliphatic heterocycles. The summed E-state index contributed by atoms with van der Waals surface area (Å²) in [5.41, 5.74) is 6.65. The molecule has 5 nitrogen and oxygen atoms in total. The highest BCUT2D eigenvalue weighted by atomic mass is 16.2. The van der Waals surface area contributed by atoms with Crippen LogP contribution < -0.4 is 16.4 Å². The van der Waals surface area contributed by atoms with Crippen LogP contribution in [-0.4, -0.2) is 24.4 Å².